The molecule has 0 fully saturated rings. The Morgan fingerprint density at radius 2 is 1.26 bits per heavy atom. The van der Waals surface area contributed by atoms with Crippen molar-refractivity contribution in [2.24, 2.45) is 0 Å². The highest BCUT2D eigenvalue weighted by Crippen LogP contribution is 2.14. The summed E-state index contributed by atoms with van der Waals surface area (Å²) in [6.45, 7) is 1.97. The highest BCUT2D eigenvalue weighted by Gasteiger charge is 2.11. The van der Waals surface area contributed by atoms with E-state index in [0.717, 1.165) is 5.56 Å². The maximum absolute atomic E-state index is 12.4. The average molecular weight is 355 g/mol. The number of carbonyl (C=O) groups excluding carboxylic acids is 2. The van der Waals surface area contributed by atoms with Crippen LogP contribution < -0.4 is 10.6 Å². The molecule has 3 aromatic rings. The highest BCUT2D eigenvalue weighted by molar-refractivity contribution is 6.08. The first-order chi connectivity index (χ1) is 13.0. The van der Waals surface area contributed by atoms with E-state index in [1.807, 2.05) is 37.3 Å². The predicted molar refractivity (Wildman–Crippen MR) is 105 cm³/mol. The summed E-state index contributed by atoms with van der Waals surface area (Å²) in [5.41, 5.74) is 3.66. The first-order valence-corrected chi connectivity index (χ1v) is 8.35. The lowest BCUT2D eigenvalue weighted by Gasteiger charge is -2.08. The van der Waals surface area contributed by atoms with Crippen molar-refractivity contribution in [3.63, 3.8) is 0 Å². The fraction of sp³-hybridized carbons (Fsp3) is 0.0455. The van der Waals surface area contributed by atoms with Crippen LogP contribution in [0.4, 0.5) is 11.4 Å². The van der Waals surface area contributed by atoms with E-state index < -0.39 is 0 Å². The Bertz CT molecular complexity index is 1020. The average Bonchev–Trinajstić information content (AvgIpc) is 2.70. The van der Waals surface area contributed by atoms with Crippen LogP contribution in [0.25, 0.3) is 0 Å². The molecule has 132 valence electrons. The van der Waals surface area contributed by atoms with Crippen LogP contribution in [0.3, 0.4) is 0 Å². The van der Waals surface area contributed by atoms with Gasteiger partial charge in [-0.05, 0) is 61.5 Å². The lowest BCUT2D eigenvalue weighted by Crippen LogP contribution is -2.15. The number of nitrogens with zero attached hydrogens (tertiary/aromatic N) is 1. The number of nitrogens with one attached hydrogen (secondary N) is 2. The Morgan fingerprint density at radius 3 is 1.74 bits per heavy atom. The third-order valence-corrected chi connectivity index (χ3v) is 3.97. The van der Waals surface area contributed by atoms with E-state index in [1.165, 1.54) is 0 Å². The van der Waals surface area contributed by atoms with Gasteiger partial charge in [0.15, 0.2) is 0 Å². The molecule has 0 bridgehead atoms. The van der Waals surface area contributed by atoms with E-state index in [0.29, 0.717) is 28.1 Å². The number of anilines is 2. The van der Waals surface area contributed by atoms with Crippen molar-refractivity contribution in [1.82, 2.24) is 0 Å². The molecule has 0 aliphatic carbocycles. The van der Waals surface area contributed by atoms with Gasteiger partial charge < -0.3 is 10.6 Å². The van der Waals surface area contributed by atoms with Crippen molar-refractivity contribution in [1.29, 1.82) is 5.26 Å². The fourth-order valence-electron chi connectivity index (χ4n) is 2.47. The Kier molecular flexibility index (Phi) is 5.29. The topological polar surface area (TPSA) is 82.0 Å². The minimum absolute atomic E-state index is 0.285. The van der Waals surface area contributed by atoms with Crippen LogP contribution >= 0.6 is 0 Å². The lowest BCUT2D eigenvalue weighted by molar-refractivity contribution is 0.102. The molecule has 0 saturated heterocycles. The smallest absolute Gasteiger partial charge is 0.255 e. The van der Waals surface area contributed by atoms with Gasteiger partial charge in [-0.25, -0.2) is 0 Å². The second-order valence-corrected chi connectivity index (χ2v) is 6.04. The summed E-state index contributed by atoms with van der Waals surface area (Å²) in [7, 11) is 0. The van der Waals surface area contributed by atoms with Crippen LogP contribution in [0, 0.1) is 18.3 Å². The van der Waals surface area contributed by atoms with Gasteiger partial charge in [0.2, 0.25) is 0 Å². The lowest BCUT2D eigenvalue weighted by atomic mass is 10.1. The van der Waals surface area contributed by atoms with Crippen LogP contribution in [0.5, 0.6) is 0 Å². The molecule has 0 aromatic heterocycles. The molecule has 5 heteroatoms. The van der Waals surface area contributed by atoms with E-state index in [2.05, 4.69) is 10.6 Å². The summed E-state index contributed by atoms with van der Waals surface area (Å²) < 4.78 is 0. The van der Waals surface area contributed by atoms with Gasteiger partial charge >= 0.3 is 0 Å². The van der Waals surface area contributed by atoms with Crippen LogP contribution in [0.15, 0.2) is 72.8 Å². The van der Waals surface area contributed by atoms with Gasteiger partial charge in [0.1, 0.15) is 0 Å². The first-order valence-electron chi connectivity index (χ1n) is 8.35. The zero-order chi connectivity index (χ0) is 19.2. The number of benzene rings is 3. The number of nitriles is 1. The van der Waals surface area contributed by atoms with E-state index in [4.69, 9.17) is 5.26 Å². The monoisotopic (exact) mass is 355 g/mol. The molecule has 2 amide bonds. The Hall–Kier alpha value is -3.91. The van der Waals surface area contributed by atoms with Crippen molar-refractivity contribution < 1.29 is 9.59 Å². The molecule has 2 N–H and O–H groups in total. The molecule has 0 saturated carbocycles. The van der Waals surface area contributed by atoms with E-state index in [-0.39, 0.29) is 11.8 Å². The fourth-order valence-corrected chi connectivity index (χ4v) is 2.47. The highest BCUT2D eigenvalue weighted by atomic mass is 16.2. The van der Waals surface area contributed by atoms with Crippen molar-refractivity contribution >= 4 is 23.2 Å². The van der Waals surface area contributed by atoms with E-state index >= 15 is 0 Å². The Balaban J connectivity index is 1.71. The van der Waals surface area contributed by atoms with Gasteiger partial charge in [-0.3, -0.25) is 9.59 Å². The third kappa shape index (κ3) is 4.59. The van der Waals surface area contributed by atoms with Crippen LogP contribution in [0.2, 0.25) is 0 Å². The summed E-state index contributed by atoms with van der Waals surface area (Å²) in [5.74, 6) is -0.614. The minimum Gasteiger partial charge on any atom is -0.322 e. The summed E-state index contributed by atoms with van der Waals surface area (Å²) in [6, 6.07) is 22.6. The second kappa shape index (κ2) is 7.98. The largest absolute Gasteiger partial charge is 0.322 e. The number of hydrogen-bond acceptors (Lipinski definition) is 3. The van der Waals surface area contributed by atoms with Crippen molar-refractivity contribution in [3.8, 4) is 6.07 Å². The van der Waals surface area contributed by atoms with Gasteiger partial charge in [-0.15, -0.1) is 0 Å². The predicted octanol–water partition coefficient (Wildman–Crippen LogP) is 4.37. The number of rotatable bonds is 4. The molecule has 5 nitrogen and oxygen atoms in total. The van der Waals surface area contributed by atoms with Gasteiger partial charge in [0, 0.05) is 22.5 Å². The first kappa shape index (κ1) is 17.9. The second-order valence-electron chi connectivity index (χ2n) is 6.04. The van der Waals surface area contributed by atoms with Crippen LogP contribution in [-0.2, 0) is 0 Å². The number of amides is 2. The summed E-state index contributed by atoms with van der Waals surface area (Å²) >= 11 is 0. The molecular weight excluding hydrogens is 338 g/mol. The quantitative estimate of drug-likeness (QED) is 0.729. The Labute approximate surface area is 157 Å². The molecule has 0 atom stereocenters. The zero-order valence-electron chi connectivity index (χ0n) is 14.7. The molecule has 27 heavy (non-hydrogen) atoms. The molecule has 0 aliphatic rings. The number of aryl methyl sites for hydroxylation is 1. The maximum atomic E-state index is 12.4. The number of hydrogen-bond donors (Lipinski definition) is 2. The van der Waals surface area contributed by atoms with E-state index in [9.17, 15) is 9.59 Å². The van der Waals surface area contributed by atoms with Crippen molar-refractivity contribution in [2.75, 3.05) is 10.6 Å². The molecule has 0 unspecified atom stereocenters. The Morgan fingerprint density at radius 1 is 0.778 bits per heavy atom. The van der Waals surface area contributed by atoms with Gasteiger partial charge in [-0.1, -0.05) is 23.8 Å². The molecule has 0 aliphatic heterocycles. The molecular formula is C22H17N3O2. The summed E-state index contributed by atoms with van der Waals surface area (Å²) in [4.78, 5) is 24.9. The van der Waals surface area contributed by atoms with Gasteiger partial charge in [-0.2, -0.15) is 5.26 Å². The number of carbonyl (C=O) groups is 2. The summed E-state index contributed by atoms with van der Waals surface area (Å²) in [6.07, 6.45) is 0. The molecule has 3 aromatic carbocycles. The zero-order valence-corrected chi connectivity index (χ0v) is 14.7. The van der Waals surface area contributed by atoms with Gasteiger partial charge in [0.25, 0.3) is 11.8 Å². The van der Waals surface area contributed by atoms with E-state index in [1.54, 1.807) is 48.5 Å². The standard InChI is InChI=1S/C22H17N3O2/c1-15-5-9-19(10-6-15)24-21(26)17-3-2-4-18(13-17)22(27)25-20-11-7-16(14-23)8-12-20/h2-13H,1H3,(H,24,26)(H,25,27). The van der Waals surface area contributed by atoms with Crippen LogP contribution in [-0.4, -0.2) is 11.8 Å². The van der Waals surface area contributed by atoms with Crippen LogP contribution in [0.1, 0.15) is 31.8 Å². The molecule has 0 heterocycles. The maximum Gasteiger partial charge on any atom is 0.255 e. The molecule has 0 radical (unpaired) electrons. The molecule has 3 rings (SSSR count). The summed E-state index contributed by atoms with van der Waals surface area (Å²) in [5, 5.41) is 14.4. The van der Waals surface area contributed by atoms with Crippen molar-refractivity contribution in [2.45, 2.75) is 6.92 Å². The third-order valence-electron chi connectivity index (χ3n) is 3.97. The minimum atomic E-state index is -0.329. The SMILES string of the molecule is Cc1ccc(NC(=O)c2cccc(C(=O)Nc3ccc(C#N)cc3)c2)cc1. The van der Waals surface area contributed by atoms with Gasteiger partial charge in [0.05, 0.1) is 11.6 Å². The molecule has 0 spiro atoms. The van der Waals surface area contributed by atoms with Crippen molar-refractivity contribution in [3.05, 3.63) is 95.1 Å². The normalized spacial score (nSPS) is 9.93.